The highest BCUT2D eigenvalue weighted by Crippen LogP contribution is 2.51. The van der Waals surface area contributed by atoms with Crippen molar-refractivity contribution in [3.63, 3.8) is 0 Å². The zero-order chi connectivity index (χ0) is 12.5. The van der Waals surface area contributed by atoms with E-state index in [1.54, 1.807) is 7.11 Å². The third kappa shape index (κ3) is 2.14. The number of hydrogen-bond donors (Lipinski definition) is 1. The number of rotatable bonds is 5. The topological polar surface area (TPSA) is 39.1 Å². The Morgan fingerprint density at radius 1 is 1.44 bits per heavy atom. The molecule has 3 unspecified atom stereocenters. The number of hydrogen-bond acceptors (Lipinski definition) is 3. The Morgan fingerprint density at radius 2 is 2.33 bits per heavy atom. The lowest BCUT2D eigenvalue weighted by molar-refractivity contribution is 0.210. The minimum atomic E-state index is 0.676. The lowest BCUT2D eigenvalue weighted by Crippen LogP contribution is -2.19. The number of anilines is 1. The lowest BCUT2D eigenvalue weighted by Gasteiger charge is -2.25. The lowest BCUT2D eigenvalue weighted by atomic mass is 9.95. The summed E-state index contributed by atoms with van der Waals surface area (Å²) in [6.45, 7) is 3.63. The Balaban J connectivity index is 1.74. The van der Waals surface area contributed by atoms with Crippen LogP contribution in [0.4, 0.5) is 5.95 Å². The Morgan fingerprint density at radius 3 is 3.00 bits per heavy atom. The van der Waals surface area contributed by atoms with Crippen LogP contribution in [0.5, 0.6) is 0 Å². The van der Waals surface area contributed by atoms with Crippen molar-refractivity contribution in [3.05, 3.63) is 11.9 Å². The van der Waals surface area contributed by atoms with Crippen molar-refractivity contribution in [1.82, 2.24) is 9.55 Å². The molecule has 1 heterocycles. The van der Waals surface area contributed by atoms with Gasteiger partial charge in [0.2, 0.25) is 5.95 Å². The van der Waals surface area contributed by atoms with Gasteiger partial charge in [0.1, 0.15) is 0 Å². The molecular weight excluding hydrogens is 226 g/mol. The standard InChI is InChI=1S/C14H23N3O/c1-10-9-17(14(16-10)15-5-6-18-2)13-8-11-3-4-12(13)7-11/h9,11-13H,3-8H2,1-2H3,(H,15,16). The zero-order valence-electron chi connectivity index (χ0n) is 11.4. The van der Waals surface area contributed by atoms with Gasteiger partial charge in [-0.1, -0.05) is 6.42 Å². The maximum atomic E-state index is 5.09. The van der Waals surface area contributed by atoms with Gasteiger partial charge in [0, 0.05) is 25.9 Å². The third-order valence-electron chi connectivity index (χ3n) is 4.50. The Kier molecular flexibility index (Phi) is 3.29. The second-order valence-corrected chi connectivity index (χ2v) is 5.77. The molecule has 0 aromatic carbocycles. The highest BCUT2D eigenvalue weighted by molar-refractivity contribution is 5.30. The molecule has 0 aliphatic heterocycles. The van der Waals surface area contributed by atoms with E-state index in [1.807, 2.05) is 0 Å². The van der Waals surface area contributed by atoms with Crippen molar-refractivity contribution in [2.45, 2.75) is 38.6 Å². The summed E-state index contributed by atoms with van der Waals surface area (Å²) >= 11 is 0. The minimum Gasteiger partial charge on any atom is -0.383 e. The van der Waals surface area contributed by atoms with Crippen LogP contribution in [0.15, 0.2) is 6.20 Å². The van der Waals surface area contributed by atoms with Crippen molar-refractivity contribution in [1.29, 1.82) is 0 Å². The summed E-state index contributed by atoms with van der Waals surface area (Å²) in [5, 5.41) is 3.40. The van der Waals surface area contributed by atoms with Crippen molar-refractivity contribution >= 4 is 5.95 Å². The number of methoxy groups -OCH3 is 1. The fraction of sp³-hybridized carbons (Fsp3) is 0.786. The fourth-order valence-electron chi connectivity index (χ4n) is 3.72. The van der Waals surface area contributed by atoms with Gasteiger partial charge in [0.15, 0.2) is 0 Å². The van der Waals surface area contributed by atoms with Crippen LogP contribution in [-0.2, 0) is 4.74 Å². The number of imidazole rings is 1. The average Bonchev–Trinajstić information content (AvgIpc) is 3.04. The molecule has 2 aliphatic carbocycles. The van der Waals surface area contributed by atoms with Crippen LogP contribution in [0.1, 0.15) is 37.4 Å². The number of aromatic nitrogens is 2. The first-order valence-electron chi connectivity index (χ1n) is 7.06. The number of fused-ring (bicyclic) bond motifs is 2. The summed E-state index contributed by atoms with van der Waals surface area (Å²) in [6.07, 6.45) is 7.84. The number of aryl methyl sites for hydroxylation is 1. The normalized spacial score (nSPS) is 30.0. The second-order valence-electron chi connectivity index (χ2n) is 5.77. The summed E-state index contributed by atoms with van der Waals surface area (Å²) in [6, 6.07) is 0.676. The van der Waals surface area contributed by atoms with Crippen LogP contribution in [-0.4, -0.2) is 29.8 Å². The molecule has 2 aliphatic rings. The number of nitrogens with one attached hydrogen (secondary N) is 1. The van der Waals surface area contributed by atoms with Crippen LogP contribution < -0.4 is 5.32 Å². The van der Waals surface area contributed by atoms with Crippen LogP contribution in [0.2, 0.25) is 0 Å². The van der Waals surface area contributed by atoms with Crippen LogP contribution in [0.25, 0.3) is 0 Å². The molecule has 4 heteroatoms. The van der Waals surface area contributed by atoms with Gasteiger partial charge >= 0.3 is 0 Å². The molecular formula is C14H23N3O. The highest BCUT2D eigenvalue weighted by atomic mass is 16.5. The quantitative estimate of drug-likeness (QED) is 0.815. The monoisotopic (exact) mass is 249 g/mol. The van der Waals surface area contributed by atoms with E-state index < -0.39 is 0 Å². The molecule has 1 aromatic rings. The molecule has 2 fully saturated rings. The van der Waals surface area contributed by atoms with E-state index in [0.29, 0.717) is 6.04 Å². The second kappa shape index (κ2) is 4.92. The van der Waals surface area contributed by atoms with Crippen LogP contribution >= 0.6 is 0 Å². The molecule has 0 radical (unpaired) electrons. The molecule has 1 aromatic heterocycles. The molecule has 1 N–H and O–H groups in total. The first-order chi connectivity index (χ1) is 8.78. The van der Waals surface area contributed by atoms with Gasteiger partial charge in [-0.25, -0.2) is 4.98 Å². The number of nitrogens with zero attached hydrogens (tertiary/aromatic N) is 2. The average molecular weight is 249 g/mol. The Hall–Kier alpha value is -1.03. The number of ether oxygens (including phenoxy) is 1. The highest BCUT2D eigenvalue weighted by Gasteiger charge is 2.41. The van der Waals surface area contributed by atoms with E-state index in [4.69, 9.17) is 4.74 Å². The van der Waals surface area contributed by atoms with Gasteiger partial charge in [0.25, 0.3) is 0 Å². The van der Waals surface area contributed by atoms with Gasteiger partial charge in [0.05, 0.1) is 12.3 Å². The Labute approximate surface area is 109 Å². The first-order valence-corrected chi connectivity index (χ1v) is 7.06. The largest absolute Gasteiger partial charge is 0.383 e. The first kappa shape index (κ1) is 12.0. The summed E-state index contributed by atoms with van der Waals surface area (Å²) < 4.78 is 7.47. The maximum Gasteiger partial charge on any atom is 0.203 e. The van der Waals surface area contributed by atoms with E-state index in [2.05, 4.69) is 28.0 Å². The predicted molar refractivity (Wildman–Crippen MR) is 71.8 cm³/mol. The van der Waals surface area contributed by atoms with Crippen molar-refractivity contribution in [3.8, 4) is 0 Å². The zero-order valence-corrected chi connectivity index (χ0v) is 11.4. The molecule has 3 atom stereocenters. The molecule has 2 bridgehead atoms. The van der Waals surface area contributed by atoms with Crippen molar-refractivity contribution in [2.75, 3.05) is 25.6 Å². The van der Waals surface area contributed by atoms with E-state index in [9.17, 15) is 0 Å². The predicted octanol–water partition coefficient (Wildman–Crippen LogP) is 2.61. The van der Waals surface area contributed by atoms with Crippen molar-refractivity contribution < 1.29 is 4.74 Å². The summed E-state index contributed by atoms with van der Waals surface area (Å²) in [5.41, 5.74) is 1.11. The SMILES string of the molecule is COCCNc1nc(C)cn1C1CC2CCC1C2. The minimum absolute atomic E-state index is 0.676. The Bertz CT molecular complexity index is 415. The summed E-state index contributed by atoms with van der Waals surface area (Å²) in [4.78, 5) is 4.61. The van der Waals surface area contributed by atoms with Gasteiger partial charge in [-0.2, -0.15) is 0 Å². The van der Waals surface area contributed by atoms with Gasteiger partial charge in [-0.05, 0) is 38.0 Å². The molecule has 0 spiro atoms. The third-order valence-corrected chi connectivity index (χ3v) is 4.50. The maximum absolute atomic E-state index is 5.09. The van der Waals surface area contributed by atoms with Gasteiger partial charge in [-0.3, -0.25) is 0 Å². The molecule has 18 heavy (non-hydrogen) atoms. The summed E-state index contributed by atoms with van der Waals surface area (Å²) in [7, 11) is 1.73. The van der Waals surface area contributed by atoms with Crippen LogP contribution in [0, 0.1) is 18.8 Å². The van der Waals surface area contributed by atoms with Crippen LogP contribution in [0.3, 0.4) is 0 Å². The van der Waals surface area contributed by atoms with E-state index in [0.717, 1.165) is 36.6 Å². The molecule has 0 saturated heterocycles. The summed E-state index contributed by atoms with van der Waals surface area (Å²) in [5.74, 6) is 2.88. The molecule has 100 valence electrons. The smallest absolute Gasteiger partial charge is 0.203 e. The van der Waals surface area contributed by atoms with E-state index in [1.165, 1.54) is 25.7 Å². The molecule has 3 rings (SSSR count). The van der Waals surface area contributed by atoms with E-state index >= 15 is 0 Å². The molecule has 0 amide bonds. The van der Waals surface area contributed by atoms with Crippen molar-refractivity contribution in [2.24, 2.45) is 11.8 Å². The molecule has 4 nitrogen and oxygen atoms in total. The van der Waals surface area contributed by atoms with E-state index in [-0.39, 0.29) is 0 Å². The van der Waals surface area contributed by atoms with Gasteiger partial charge in [-0.15, -0.1) is 0 Å². The van der Waals surface area contributed by atoms with Gasteiger partial charge < -0.3 is 14.6 Å². The fourth-order valence-corrected chi connectivity index (χ4v) is 3.72. The molecule has 2 saturated carbocycles.